The summed E-state index contributed by atoms with van der Waals surface area (Å²) in [7, 11) is 1.63. The molecule has 2 aromatic carbocycles. The van der Waals surface area contributed by atoms with Crippen molar-refractivity contribution in [2.75, 3.05) is 26.7 Å². The maximum absolute atomic E-state index is 14.0. The van der Waals surface area contributed by atoms with Crippen molar-refractivity contribution in [3.05, 3.63) is 64.7 Å². The van der Waals surface area contributed by atoms with E-state index in [-0.39, 0.29) is 18.0 Å². The Hall–Kier alpha value is -3.04. The Kier molecular flexibility index (Phi) is 7.71. The molecule has 0 radical (unpaired) electrons. The number of hydrogen-bond acceptors (Lipinski definition) is 5. The molecule has 1 spiro atoms. The number of hydrogen-bond donors (Lipinski definition) is 1. The van der Waals surface area contributed by atoms with Crippen LogP contribution in [0.1, 0.15) is 80.5 Å². The Labute approximate surface area is 263 Å². The summed E-state index contributed by atoms with van der Waals surface area (Å²) in [6, 6.07) is 8.79. The molecule has 6 nitrogen and oxygen atoms in total. The van der Waals surface area contributed by atoms with Crippen molar-refractivity contribution in [2.45, 2.75) is 100 Å². The van der Waals surface area contributed by atoms with Crippen LogP contribution in [-0.4, -0.2) is 71.3 Å². The summed E-state index contributed by atoms with van der Waals surface area (Å²) in [5, 5.41) is 12.9. The van der Waals surface area contributed by atoms with Crippen LogP contribution in [0.5, 0.6) is 11.5 Å². The molecule has 3 aliphatic carbocycles. The van der Waals surface area contributed by atoms with Crippen LogP contribution in [0.25, 0.3) is 6.08 Å². The van der Waals surface area contributed by atoms with Crippen LogP contribution in [0, 0.1) is 5.92 Å². The van der Waals surface area contributed by atoms with E-state index in [1.54, 1.807) is 13.2 Å². The number of ether oxygens (including phenoxy) is 2. The van der Waals surface area contributed by atoms with Crippen molar-refractivity contribution in [2.24, 2.45) is 5.92 Å². The first-order valence-corrected chi connectivity index (χ1v) is 16.6. The lowest BCUT2D eigenvalue weighted by molar-refractivity contribution is -0.201. The molecule has 0 aromatic heterocycles. The summed E-state index contributed by atoms with van der Waals surface area (Å²) in [5.74, 6) is 1.80. The normalized spacial score (nSPS) is 30.2. The average molecular weight is 625 g/mol. The molecule has 0 unspecified atom stereocenters. The first kappa shape index (κ1) is 30.6. The molecule has 45 heavy (non-hydrogen) atoms. The molecule has 5 atom stereocenters. The number of unbranched alkanes of at least 4 members (excludes halogenated alkanes) is 2. The SMILES string of the molecule is CCCCCN(C(=O)C=Cc1cccc(C(F)(F)F)c1)[C@H]1CC[C@@]2(O)[C@H]3Cc4ccc(OC)c5c4[C@@]2(CCN3CC2CC2)[C@H]1O5. The third-order valence-electron chi connectivity index (χ3n) is 11.3. The molecule has 2 bridgehead atoms. The lowest BCUT2D eigenvalue weighted by Gasteiger charge is -2.65. The van der Waals surface area contributed by atoms with Gasteiger partial charge in [0.05, 0.1) is 29.7 Å². The van der Waals surface area contributed by atoms with E-state index in [1.807, 2.05) is 11.0 Å². The molecule has 2 heterocycles. The summed E-state index contributed by atoms with van der Waals surface area (Å²) in [4.78, 5) is 18.4. The second-order valence-electron chi connectivity index (χ2n) is 13.8. The zero-order valence-corrected chi connectivity index (χ0v) is 26.1. The van der Waals surface area contributed by atoms with E-state index in [1.165, 1.54) is 36.6 Å². The van der Waals surface area contributed by atoms with Crippen LogP contribution in [0.15, 0.2) is 42.5 Å². The Bertz CT molecular complexity index is 1490. The molecule has 7 rings (SSSR count). The number of likely N-dealkylation sites (tertiary alicyclic amines) is 1. The second kappa shape index (κ2) is 11.3. The van der Waals surface area contributed by atoms with E-state index < -0.39 is 28.9 Å². The number of benzene rings is 2. The van der Waals surface area contributed by atoms with Gasteiger partial charge < -0.3 is 19.5 Å². The predicted molar refractivity (Wildman–Crippen MR) is 165 cm³/mol. The molecule has 3 fully saturated rings. The molecule has 1 amide bonds. The molecule has 9 heteroatoms. The van der Waals surface area contributed by atoms with Gasteiger partial charge in [-0.05, 0) is 92.8 Å². The fourth-order valence-corrected chi connectivity index (χ4v) is 8.98. The highest BCUT2D eigenvalue weighted by atomic mass is 19.4. The molecular weight excluding hydrogens is 581 g/mol. The van der Waals surface area contributed by atoms with E-state index in [0.717, 1.165) is 62.9 Å². The van der Waals surface area contributed by atoms with Crippen LogP contribution in [-0.2, 0) is 22.8 Å². The van der Waals surface area contributed by atoms with Crippen LogP contribution < -0.4 is 9.47 Å². The smallest absolute Gasteiger partial charge is 0.416 e. The van der Waals surface area contributed by atoms with Crippen molar-refractivity contribution < 1.29 is 32.5 Å². The summed E-state index contributed by atoms with van der Waals surface area (Å²) < 4.78 is 52.7. The predicted octanol–water partition coefficient (Wildman–Crippen LogP) is 6.38. The Balaban J connectivity index is 1.25. The number of rotatable bonds is 10. The fourth-order valence-electron chi connectivity index (χ4n) is 8.98. The maximum atomic E-state index is 14.0. The molecule has 5 aliphatic rings. The van der Waals surface area contributed by atoms with Crippen molar-refractivity contribution in [1.82, 2.24) is 9.80 Å². The van der Waals surface area contributed by atoms with Gasteiger partial charge in [0.2, 0.25) is 5.91 Å². The van der Waals surface area contributed by atoms with Gasteiger partial charge in [0.15, 0.2) is 11.5 Å². The van der Waals surface area contributed by atoms with Crippen molar-refractivity contribution in [3.63, 3.8) is 0 Å². The third-order valence-corrected chi connectivity index (χ3v) is 11.3. The topological polar surface area (TPSA) is 62.2 Å². The first-order valence-electron chi connectivity index (χ1n) is 16.6. The van der Waals surface area contributed by atoms with Crippen molar-refractivity contribution in [3.8, 4) is 11.5 Å². The highest BCUT2D eigenvalue weighted by Gasteiger charge is 2.73. The average Bonchev–Trinajstić information content (AvgIpc) is 3.77. The Morgan fingerprint density at radius 2 is 2.00 bits per heavy atom. The Morgan fingerprint density at radius 3 is 2.73 bits per heavy atom. The van der Waals surface area contributed by atoms with E-state index in [4.69, 9.17) is 9.47 Å². The van der Waals surface area contributed by atoms with Crippen molar-refractivity contribution >= 4 is 12.0 Å². The zero-order valence-electron chi connectivity index (χ0n) is 26.1. The highest BCUT2D eigenvalue weighted by Crippen LogP contribution is 2.66. The number of nitrogens with zero attached hydrogens (tertiary/aromatic N) is 2. The van der Waals surface area contributed by atoms with E-state index in [0.29, 0.717) is 42.4 Å². The molecule has 1 saturated heterocycles. The molecule has 2 aromatic rings. The molecule has 1 N–H and O–H groups in total. The number of aliphatic hydroxyl groups is 1. The zero-order chi connectivity index (χ0) is 31.6. The lowest BCUT2D eigenvalue weighted by Crippen LogP contribution is -2.78. The standard InChI is InChI=1S/C36H43F3N2O4/c1-3-4-5-18-41(30(42)14-11-23-7-6-8-26(20-23)36(37,38)39)27-15-16-35(43)29-21-25-12-13-28(44-2)32-31(25)34(35,33(27)45-32)17-19-40(29)22-24-9-10-24/h6-8,11-14,20,24,27,29,33,43H,3-5,9-10,15-19,21-22H2,1-2H3/t27-,29+,33-,34-,35+/m0/s1. The van der Waals surface area contributed by atoms with Gasteiger partial charge in [0.25, 0.3) is 0 Å². The van der Waals surface area contributed by atoms with Crippen LogP contribution in [0.3, 0.4) is 0 Å². The number of halogens is 3. The Morgan fingerprint density at radius 1 is 1.18 bits per heavy atom. The monoisotopic (exact) mass is 624 g/mol. The number of piperidine rings is 1. The lowest BCUT2D eigenvalue weighted by atomic mass is 9.48. The van der Waals surface area contributed by atoms with E-state index >= 15 is 0 Å². The highest BCUT2D eigenvalue weighted by molar-refractivity contribution is 5.92. The van der Waals surface area contributed by atoms with Gasteiger partial charge >= 0.3 is 6.18 Å². The van der Waals surface area contributed by atoms with Crippen LogP contribution in [0.2, 0.25) is 0 Å². The fraction of sp³-hybridized carbons (Fsp3) is 0.583. The molecule has 2 aliphatic heterocycles. The quantitative estimate of drug-likeness (QED) is 0.246. The molecular formula is C36H43F3N2O4. The second-order valence-corrected chi connectivity index (χ2v) is 13.8. The van der Waals surface area contributed by atoms with Gasteiger partial charge in [-0.15, -0.1) is 0 Å². The number of methoxy groups -OCH3 is 1. The van der Waals surface area contributed by atoms with Gasteiger partial charge in [-0.2, -0.15) is 13.2 Å². The van der Waals surface area contributed by atoms with Crippen LogP contribution >= 0.6 is 0 Å². The van der Waals surface area contributed by atoms with Gasteiger partial charge in [0.1, 0.15) is 6.10 Å². The van der Waals surface area contributed by atoms with Crippen molar-refractivity contribution in [1.29, 1.82) is 0 Å². The number of carbonyl (C=O) groups is 1. The minimum absolute atomic E-state index is 0.0178. The van der Waals surface area contributed by atoms with Gasteiger partial charge in [-0.3, -0.25) is 9.69 Å². The number of carbonyl (C=O) groups excluding carboxylic acids is 1. The largest absolute Gasteiger partial charge is 0.493 e. The van der Waals surface area contributed by atoms with E-state index in [9.17, 15) is 23.1 Å². The minimum atomic E-state index is -4.46. The third kappa shape index (κ3) is 4.96. The summed E-state index contributed by atoms with van der Waals surface area (Å²) in [6.07, 6.45) is 5.82. The first-order chi connectivity index (χ1) is 21.6. The van der Waals surface area contributed by atoms with Gasteiger partial charge in [0, 0.05) is 30.8 Å². The van der Waals surface area contributed by atoms with E-state index in [2.05, 4.69) is 17.9 Å². The molecule has 2 saturated carbocycles. The van der Waals surface area contributed by atoms with Gasteiger partial charge in [-0.1, -0.05) is 38.0 Å². The number of amides is 1. The summed E-state index contributed by atoms with van der Waals surface area (Å²) >= 11 is 0. The minimum Gasteiger partial charge on any atom is -0.493 e. The van der Waals surface area contributed by atoms with Crippen LogP contribution in [0.4, 0.5) is 13.2 Å². The maximum Gasteiger partial charge on any atom is 0.416 e. The summed E-state index contributed by atoms with van der Waals surface area (Å²) in [6.45, 7) is 4.50. The summed E-state index contributed by atoms with van der Waals surface area (Å²) in [5.41, 5.74) is 0.147. The number of alkyl halides is 3. The van der Waals surface area contributed by atoms with Gasteiger partial charge in [-0.25, -0.2) is 0 Å². The molecule has 242 valence electrons.